The Bertz CT molecular complexity index is 553. The number of aromatic nitrogens is 1. The minimum Gasteiger partial charge on any atom is -0.507 e. The van der Waals surface area contributed by atoms with Crippen molar-refractivity contribution in [3.8, 4) is 17.0 Å². The molecule has 0 saturated carbocycles. The molecule has 0 aliphatic rings. The summed E-state index contributed by atoms with van der Waals surface area (Å²) < 4.78 is 0. The SMILES string of the molecule is Cc1cc(-c2ccccn2)cc(C(C)(C)C)c1O. The van der Waals surface area contributed by atoms with Crippen LogP contribution in [0.2, 0.25) is 0 Å². The van der Waals surface area contributed by atoms with E-state index in [1.807, 2.05) is 37.3 Å². The van der Waals surface area contributed by atoms with Gasteiger partial charge in [0.2, 0.25) is 0 Å². The number of hydrogen-bond acceptors (Lipinski definition) is 2. The van der Waals surface area contributed by atoms with E-state index < -0.39 is 0 Å². The third-order valence-corrected chi connectivity index (χ3v) is 3.07. The lowest BCUT2D eigenvalue weighted by molar-refractivity contribution is 0.443. The molecule has 1 aromatic carbocycles. The summed E-state index contributed by atoms with van der Waals surface area (Å²) in [5.74, 6) is 0.391. The Hall–Kier alpha value is -1.83. The maximum Gasteiger partial charge on any atom is 0.122 e. The Morgan fingerprint density at radius 1 is 1.11 bits per heavy atom. The Labute approximate surface area is 108 Å². The van der Waals surface area contributed by atoms with Crippen LogP contribution >= 0.6 is 0 Å². The summed E-state index contributed by atoms with van der Waals surface area (Å²) in [7, 11) is 0. The van der Waals surface area contributed by atoms with Gasteiger partial charge in [-0.15, -0.1) is 0 Å². The number of phenols is 1. The Kier molecular flexibility index (Phi) is 3.12. The van der Waals surface area contributed by atoms with Crippen molar-refractivity contribution in [3.05, 3.63) is 47.7 Å². The molecule has 94 valence electrons. The number of nitrogens with zero attached hydrogens (tertiary/aromatic N) is 1. The first-order valence-corrected chi connectivity index (χ1v) is 6.15. The van der Waals surface area contributed by atoms with Gasteiger partial charge >= 0.3 is 0 Å². The van der Waals surface area contributed by atoms with Crippen molar-refractivity contribution in [1.82, 2.24) is 4.98 Å². The summed E-state index contributed by atoms with van der Waals surface area (Å²) >= 11 is 0. The molecule has 1 aromatic heterocycles. The van der Waals surface area contributed by atoms with E-state index in [4.69, 9.17) is 0 Å². The van der Waals surface area contributed by atoms with Gasteiger partial charge in [-0.25, -0.2) is 0 Å². The number of pyridine rings is 1. The van der Waals surface area contributed by atoms with E-state index in [1.54, 1.807) is 6.20 Å². The van der Waals surface area contributed by atoms with Crippen LogP contribution < -0.4 is 0 Å². The van der Waals surface area contributed by atoms with E-state index in [0.29, 0.717) is 5.75 Å². The van der Waals surface area contributed by atoms with Gasteiger partial charge in [0.15, 0.2) is 0 Å². The van der Waals surface area contributed by atoms with E-state index in [-0.39, 0.29) is 5.41 Å². The molecule has 2 nitrogen and oxygen atoms in total. The number of benzene rings is 1. The molecule has 18 heavy (non-hydrogen) atoms. The summed E-state index contributed by atoms with van der Waals surface area (Å²) in [5.41, 5.74) is 3.76. The average molecular weight is 241 g/mol. The van der Waals surface area contributed by atoms with Crippen molar-refractivity contribution in [2.45, 2.75) is 33.1 Å². The fourth-order valence-electron chi connectivity index (χ4n) is 2.03. The summed E-state index contributed by atoms with van der Waals surface area (Å²) in [6, 6.07) is 9.87. The summed E-state index contributed by atoms with van der Waals surface area (Å²) in [6.45, 7) is 8.23. The number of hydrogen-bond donors (Lipinski definition) is 1. The van der Waals surface area contributed by atoms with E-state index >= 15 is 0 Å². The molecule has 0 fully saturated rings. The summed E-state index contributed by atoms with van der Waals surface area (Å²) in [5, 5.41) is 10.2. The molecular formula is C16H19NO. The lowest BCUT2D eigenvalue weighted by Crippen LogP contribution is -2.12. The second-order valence-electron chi connectivity index (χ2n) is 5.65. The number of phenolic OH excluding ortho intramolecular Hbond substituents is 1. The molecule has 0 unspecified atom stereocenters. The van der Waals surface area contributed by atoms with Crippen LogP contribution in [0.4, 0.5) is 0 Å². The standard InChI is InChI=1S/C16H19NO/c1-11-9-12(14-7-5-6-8-17-14)10-13(15(11)18)16(2,3)4/h5-10,18H,1-4H3. The first-order chi connectivity index (χ1) is 8.39. The van der Waals surface area contributed by atoms with Crippen LogP contribution in [-0.2, 0) is 5.41 Å². The van der Waals surface area contributed by atoms with E-state index in [9.17, 15) is 5.11 Å². The van der Waals surface area contributed by atoms with Gasteiger partial charge in [0.25, 0.3) is 0 Å². The van der Waals surface area contributed by atoms with Crippen molar-refractivity contribution in [1.29, 1.82) is 0 Å². The van der Waals surface area contributed by atoms with Gasteiger partial charge < -0.3 is 5.11 Å². The minimum atomic E-state index is -0.0837. The molecule has 2 aromatic rings. The normalized spacial score (nSPS) is 11.6. The van der Waals surface area contributed by atoms with Crippen LogP contribution in [0, 0.1) is 6.92 Å². The van der Waals surface area contributed by atoms with Crippen LogP contribution in [-0.4, -0.2) is 10.1 Å². The molecular weight excluding hydrogens is 222 g/mol. The molecule has 0 saturated heterocycles. The van der Waals surface area contributed by atoms with Crippen molar-refractivity contribution >= 4 is 0 Å². The maximum absolute atomic E-state index is 10.2. The Morgan fingerprint density at radius 3 is 2.39 bits per heavy atom. The average Bonchev–Trinajstić information content (AvgIpc) is 2.32. The zero-order valence-electron chi connectivity index (χ0n) is 11.4. The van der Waals surface area contributed by atoms with Crippen LogP contribution in [0.25, 0.3) is 11.3 Å². The smallest absolute Gasteiger partial charge is 0.122 e. The van der Waals surface area contributed by atoms with Crippen LogP contribution in [0.3, 0.4) is 0 Å². The van der Waals surface area contributed by atoms with E-state index in [1.165, 1.54) is 0 Å². The highest BCUT2D eigenvalue weighted by Crippen LogP contribution is 2.36. The van der Waals surface area contributed by atoms with Gasteiger partial charge in [-0.3, -0.25) is 4.98 Å². The molecule has 2 heteroatoms. The third-order valence-electron chi connectivity index (χ3n) is 3.07. The summed E-state index contributed by atoms with van der Waals surface area (Å²) in [4.78, 5) is 4.36. The zero-order chi connectivity index (χ0) is 13.3. The third kappa shape index (κ3) is 2.37. The first kappa shape index (κ1) is 12.6. The van der Waals surface area contributed by atoms with Crippen LogP contribution in [0.1, 0.15) is 31.9 Å². The number of aryl methyl sites for hydroxylation is 1. The fraction of sp³-hybridized carbons (Fsp3) is 0.312. The zero-order valence-corrected chi connectivity index (χ0v) is 11.4. The second kappa shape index (κ2) is 4.45. The van der Waals surface area contributed by atoms with Gasteiger partial charge in [-0.05, 0) is 42.2 Å². The molecule has 0 bridgehead atoms. The van der Waals surface area contributed by atoms with E-state index in [0.717, 1.165) is 22.4 Å². The van der Waals surface area contributed by atoms with Gasteiger partial charge in [0.05, 0.1) is 5.69 Å². The topological polar surface area (TPSA) is 33.1 Å². The predicted octanol–water partition coefficient (Wildman–Crippen LogP) is 4.06. The predicted molar refractivity (Wildman–Crippen MR) is 74.8 cm³/mol. The van der Waals surface area contributed by atoms with E-state index in [2.05, 4.69) is 25.8 Å². The number of aromatic hydroxyl groups is 1. The maximum atomic E-state index is 10.2. The molecule has 0 aliphatic heterocycles. The number of rotatable bonds is 1. The highest BCUT2D eigenvalue weighted by Gasteiger charge is 2.20. The molecule has 1 N–H and O–H groups in total. The minimum absolute atomic E-state index is 0.0837. The molecule has 0 amide bonds. The second-order valence-corrected chi connectivity index (χ2v) is 5.65. The quantitative estimate of drug-likeness (QED) is 0.816. The van der Waals surface area contributed by atoms with Crippen molar-refractivity contribution < 1.29 is 5.11 Å². The van der Waals surface area contributed by atoms with Crippen molar-refractivity contribution in [3.63, 3.8) is 0 Å². The monoisotopic (exact) mass is 241 g/mol. The van der Waals surface area contributed by atoms with Crippen LogP contribution in [0.15, 0.2) is 36.5 Å². The molecule has 0 aliphatic carbocycles. The first-order valence-electron chi connectivity index (χ1n) is 6.15. The lowest BCUT2D eigenvalue weighted by atomic mass is 9.84. The largest absolute Gasteiger partial charge is 0.507 e. The Balaban J connectivity index is 2.62. The molecule has 1 heterocycles. The van der Waals surface area contributed by atoms with Crippen molar-refractivity contribution in [2.24, 2.45) is 0 Å². The molecule has 0 radical (unpaired) electrons. The highest BCUT2D eigenvalue weighted by molar-refractivity contribution is 5.64. The van der Waals surface area contributed by atoms with Crippen LogP contribution in [0.5, 0.6) is 5.75 Å². The Morgan fingerprint density at radius 2 is 1.83 bits per heavy atom. The van der Waals surface area contributed by atoms with Crippen molar-refractivity contribution in [2.75, 3.05) is 0 Å². The summed E-state index contributed by atoms with van der Waals surface area (Å²) in [6.07, 6.45) is 1.79. The highest BCUT2D eigenvalue weighted by atomic mass is 16.3. The molecule has 0 atom stereocenters. The van der Waals surface area contributed by atoms with Gasteiger partial charge in [0.1, 0.15) is 5.75 Å². The van der Waals surface area contributed by atoms with Gasteiger partial charge in [-0.2, -0.15) is 0 Å². The molecule has 0 spiro atoms. The molecule has 2 rings (SSSR count). The van der Waals surface area contributed by atoms with Gasteiger partial charge in [0, 0.05) is 17.3 Å². The fourth-order valence-corrected chi connectivity index (χ4v) is 2.03. The van der Waals surface area contributed by atoms with Gasteiger partial charge in [-0.1, -0.05) is 26.8 Å². The lowest BCUT2D eigenvalue weighted by Gasteiger charge is -2.22.